The third-order valence-corrected chi connectivity index (χ3v) is 5.88. The van der Waals surface area contributed by atoms with E-state index in [-0.39, 0.29) is 23.2 Å². The molecule has 1 rings (SSSR count). The Labute approximate surface area is 55.9 Å². The molecule has 1 heterocycles. The molecule has 0 aliphatic carbocycles. The number of allylic oxidation sites excluding steroid dienone is 2. The van der Waals surface area contributed by atoms with E-state index >= 15 is 0 Å². The monoisotopic (exact) mass is 290 g/mol. The molecule has 1 aliphatic rings. The number of hydrogen-bond acceptors (Lipinski definition) is 0. The molecule has 0 radical (unpaired) electrons. The first kappa shape index (κ1) is 5.50. The van der Waals surface area contributed by atoms with Gasteiger partial charge in [0.05, 0.1) is 0 Å². The van der Waals surface area contributed by atoms with Gasteiger partial charge < -0.3 is 0 Å². The molecule has 0 nitrogen and oxygen atoms in total. The van der Waals surface area contributed by atoms with Gasteiger partial charge in [-0.05, 0) is 0 Å². The summed E-state index contributed by atoms with van der Waals surface area (Å²) in [7, 11) is 0. The van der Waals surface area contributed by atoms with E-state index in [0.717, 1.165) is 0 Å². The minimum absolute atomic E-state index is 0.286. The van der Waals surface area contributed by atoms with Gasteiger partial charge in [-0.2, -0.15) is 0 Å². The van der Waals surface area contributed by atoms with Crippen LogP contribution in [-0.4, -0.2) is 23.2 Å². The van der Waals surface area contributed by atoms with Crippen LogP contribution in [0.2, 0.25) is 0 Å². The topological polar surface area (TPSA) is 0 Å². The van der Waals surface area contributed by atoms with Gasteiger partial charge in [-0.1, -0.05) is 0 Å². The van der Waals surface area contributed by atoms with Crippen molar-refractivity contribution in [3.8, 4) is 0 Å². The Morgan fingerprint density at radius 1 is 1.14 bits per heavy atom. The van der Waals surface area contributed by atoms with Gasteiger partial charge in [-0.25, -0.2) is 0 Å². The summed E-state index contributed by atoms with van der Waals surface area (Å²) in [6, 6.07) is 0. The predicted octanol–water partition coefficient (Wildman–Crippen LogP) is 1.24. The second kappa shape index (κ2) is 2.09. The molecular formula is C6H9Bi. The Balaban J connectivity index is 2.78. The summed E-state index contributed by atoms with van der Waals surface area (Å²) in [6.45, 7) is 4.40. The normalized spacial score (nSPS) is 19.1. The molecule has 0 saturated carbocycles. The molecule has 1 aliphatic heterocycles. The van der Waals surface area contributed by atoms with E-state index in [1.807, 2.05) is 0 Å². The van der Waals surface area contributed by atoms with Crippen molar-refractivity contribution in [2.75, 3.05) is 0 Å². The van der Waals surface area contributed by atoms with Crippen molar-refractivity contribution in [2.45, 2.75) is 13.8 Å². The Morgan fingerprint density at radius 3 is 1.71 bits per heavy atom. The fraction of sp³-hybridized carbons (Fsp3) is 0.333. The van der Waals surface area contributed by atoms with Gasteiger partial charge in [0.2, 0.25) is 0 Å². The molecule has 0 bridgehead atoms. The van der Waals surface area contributed by atoms with Gasteiger partial charge in [0.1, 0.15) is 0 Å². The van der Waals surface area contributed by atoms with Crippen molar-refractivity contribution in [2.24, 2.45) is 0 Å². The van der Waals surface area contributed by atoms with Crippen molar-refractivity contribution in [1.82, 2.24) is 0 Å². The van der Waals surface area contributed by atoms with Crippen molar-refractivity contribution in [3.63, 3.8) is 0 Å². The summed E-state index contributed by atoms with van der Waals surface area (Å²) < 4.78 is 4.88. The fourth-order valence-electron chi connectivity index (χ4n) is 0.519. The molecule has 0 amide bonds. The second-order valence-electron chi connectivity index (χ2n) is 1.82. The van der Waals surface area contributed by atoms with E-state index in [1.54, 1.807) is 0 Å². The van der Waals surface area contributed by atoms with Gasteiger partial charge in [-0.3, -0.25) is 0 Å². The standard InChI is InChI=1S/C6H8.Bi.H/c1-5(2)6(3)4;;/h1,3H,2,4H3;;. The quantitative estimate of drug-likeness (QED) is 0.589. The van der Waals surface area contributed by atoms with Crippen molar-refractivity contribution < 1.29 is 0 Å². The van der Waals surface area contributed by atoms with Gasteiger partial charge in [0.15, 0.2) is 0 Å². The van der Waals surface area contributed by atoms with Crippen LogP contribution in [0, 0.1) is 0 Å². The zero-order chi connectivity index (χ0) is 5.28. The molecule has 0 aromatic heterocycles. The fourth-order valence-corrected chi connectivity index (χ4v) is 4.56. The Morgan fingerprint density at radius 2 is 1.57 bits per heavy atom. The summed E-state index contributed by atoms with van der Waals surface area (Å²) in [5.41, 5.74) is 3.06. The van der Waals surface area contributed by atoms with Crippen LogP contribution in [0.15, 0.2) is 18.7 Å². The van der Waals surface area contributed by atoms with Crippen molar-refractivity contribution in [3.05, 3.63) is 18.7 Å². The van der Waals surface area contributed by atoms with Crippen LogP contribution in [-0.2, 0) is 0 Å². The van der Waals surface area contributed by atoms with Crippen LogP contribution < -0.4 is 0 Å². The first-order valence-electron chi connectivity index (χ1n) is 2.40. The zero-order valence-electron chi connectivity index (χ0n) is 4.65. The minimum atomic E-state index is -0.286. The Kier molecular flexibility index (Phi) is 1.64. The van der Waals surface area contributed by atoms with Gasteiger partial charge in [-0.15, -0.1) is 0 Å². The van der Waals surface area contributed by atoms with Crippen LogP contribution in [0.25, 0.3) is 0 Å². The molecule has 0 aromatic carbocycles. The van der Waals surface area contributed by atoms with Gasteiger partial charge >= 0.3 is 55.8 Å². The molecule has 0 aromatic rings. The van der Waals surface area contributed by atoms with E-state index in [4.69, 9.17) is 0 Å². The van der Waals surface area contributed by atoms with Crippen molar-refractivity contribution >= 4 is 23.2 Å². The summed E-state index contributed by atoms with van der Waals surface area (Å²) in [5.74, 6) is 0. The third kappa shape index (κ3) is 1.13. The maximum atomic E-state index is 2.44. The van der Waals surface area contributed by atoms with Gasteiger partial charge in [0, 0.05) is 0 Å². The van der Waals surface area contributed by atoms with Crippen LogP contribution in [0.4, 0.5) is 0 Å². The molecule has 0 fully saturated rings. The summed E-state index contributed by atoms with van der Waals surface area (Å²) in [4.78, 5) is 0. The molecular weight excluding hydrogens is 281 g/mol. The van der Waals surface area contributed by atoms with Crippen LogP contribution >= 0.6 is 0 Å². The number of rotatable bonds is 0. The van der Waals surface area contributed by atoms with Crippen LogP contribution in [0.1, 0.15) is 13.8 Å². The second-order valence-corrected chi connectivity index (χ2v) is 5.36. The summed E-state index contributed by atoms with van der Waals surface area (Å²) >= 11 is -0.286. The molecule has 0 spiro atoms. The summed E-state index contributed by atoms with van der Waals surface area (Å²) in [5, 5.41) is 0. The SMILES string of the molecule is CC1=[CH][BiH][CH]=C1C. The van der Waals surface area contributed by atoms with Crippen LogP contribution in [0.5, 0.6) is 0 Å². The van der Waals surface area contributed by atoms with E-state index in [1.165, 1.54) is 11.1 Å². The first-order valence-corrected chi connectivity index (χ1v) is 6.89. The van der Waals surface area contributed by atoms with E-state index in [2.05, 4.69) is 21.4 Å². The molecule has 0 saturated heterocycles. The molecule has 1 heteroatoms. The van der Waals surface area contributed by atoms with Crippen LogP contribution in [0.3, 0.4) is 0 Å². The maximum absolute atomic E-state index is 2.44. The van der Waals surface area contributed by atoms with E-state index in [9.17, 15) is 0 Å². The Hall–Kier alpha value is 0.363. The summed E-state index contributed by atoms with van der Waals surface area (Å²) in [6.07, 6.45) is 0. The average Bonchev–Trinajstić information content (AvgIpc) is 1.91. The van der Waals surface area contributed by atoms with Crippen molar-refractivity contribution in [1.29, 1.82) is 0 Å². The molecule has 38 valence electrons. The zero-order valence-corrected chi connectivity index (χ0v) is 8.54. The predicted molar refractivity (Wildman–Crippen MR) is 34.7 cm³/mol. The molecule has 0 N–H and O–H groups in total. The molecule has 0 unspecified atom stereocenters. The molecule has 7 heavy (non-hydrogen) atoms. The van der Waals surface area contributed by atoms with E-state index in [0.29, 0.717) is 0 Å². The average molecular weight is 290 g/mol. The van der Waals surface area contributed by atoms with Gasteiger partial charge in [0.25, 0.3) is 0 Å². The Bertz CT molecular complexity index is 115. The van der Waals surface area contributed by atoms with E-state index < -0.39 is 0 Å². The third-order valence-electron chi connectivity index (χ3n) is 1.22. The molecule has 0 atom stereocenters. The first-order chi connectivity index (χ1) is 3.30. The number of hydrogen-bond donors (Lipinski definition) is 0.